The summed E-state index contributed by atoms with van der Waals surface area (Å²) in [5.74, 6) is -0.0320. The first-order valence-electron chi connectivity index (χ1n) is 8.67. The van der Waals surface area contributed by atoms with Gasteiger partial charge in [-0.2, -0.15) is 13.2 Å². The summed E-state index contributed by atoms with van der Waals surface area (Å²) in [6, 6.07) is 16.7. The largest absolute Gasteiger partial charge is 0.405 e. The highest BCUT2D eigenvalue weighted by Gasteiger charge is 2.28. The summed E-state index contributed by atoms with van der Waals surface area (Å²) in [6.07, 6.45) is -0.974. The van der Waals surface area contributed by atoms with Gasteiger partial charge in [0.15, 0.2) is 0 Å². The Kier molecular flexibility index (Phi) is 5.49. The van der Waals surface area contributed by atoms with Crippen LogP contribution in [-0.2, 0) is 0 Å². The molecule has 0 spiro atoms. The Morgan fingerprint density at radius 3 is 2.46 bits per heavy atom. The van der Waals surface area contributed by atoms with E-state index in [2.05, 4.69) is 17.4 Å². The molecule has 0 heterocycles. The van der Waals surface area contributed by atoms with Crippen molar-refractivity contribution in [2.75, 3.05) is 11.9 Å². The standard InChI is InChI=1S/C20H21F3N2O/c21-20(22,23)13-24-19(26)16-7-4-8-17(12-16)25-18(11-14-9-10-14)15-5-2-1-3-6-15/h1-8,12,14,18,25H,9-11,13H2,(H,24,26). The molecule has 2 aromatic rings. The second-order valence-electron chi connectivity index (χ2n) is 6.67. The lowest BCUT2D eigenvalue weighted by molar-refractivity contribution is -0.123. The fourth-order valence-electron chi connectivity index (χ4n) is 2.88. The van der Waals surface area contributed by atoms with E-state index in [9.17, 15) is 18.0 Å². The van der Waals surface area contributed by atoms with Gasteiger partial charge in [0.1, 0.15) is 6.54 Å². The van der Waals surface area contributed by atoms with Crippen LogP contribution in [0, 0.1) is 5.92 Å². The highest BCUT2D eigenvalue weighted by atomic mass is 19.4. The predicted molar refractivity (Wildman–Crippen MR) is 95.0 cm³/mol. The van der Waals surface area contributed by atoms with Crippen LogP contribution in [0.15, 0.2) is 54.6 Å². The first-order chi connectivity index (χ1) is 12.4. The Bertz CT molecular complexity index is 742. The number of halogens is 3. The molecule has 2 aromatic carbocycles. The van der Waals surface area contributed by atoms with Crippen molar-refractivity contribution >= 4 is 11.6 Å². The summed E-state index contributed by atoms with van der Waals surface area (Å²) in [4.78, 5) is 11.9. The van der Waals surface area contributed by atoms with E-state index >= 15 is 0 Å². The van der Waals surface area contributed by atoms with E-state index in [4.69, 9.17) is 0 Å². The van der Waals surface area contributed by atoms with E-state index in [-0.39, 0.29) is 11.6 Å². The highest BCUT2D eigenvalue weighted by Crippen LogP contribution is 2.39. The average molecular weight is 362 g/mol. The fourth-order valence-corrected chi connectivity index (χ4v) is 2.88. The van der Waals surface area contributed by atoms with Gasteiger partial charge >= 0.3 is 6.18 Å². The van der Waals surface area contributed by atoms with Crippen LogP contribution in [-0.4, -0.2) is 18.6 Å². The van der Waals surface area contributed by atoms with Crippen molar-refractivity contribution in [2.45, 2.75) is 31.5 Å². The maximum absolute atomic E-state index is 12.3. The average Bonchev–Trinajstić information content (AvgIpc) is 3.43. The van der Waals surface area contributed by atoms with Crippen LogP contribution in [0.1, 0.15) is 41.2 Å². The third-order valence-electron chi connectivity index (χ3n) is 4.38. The number of anilines is 1. The van der Waals surface area contributed by atoms with Crippen molar-refractivity contribution in [1.29, 1.82) is 0 Å². The van der Waals surface area contributed by atoms with Crippen LogP contribution < -0.4 is 10.6 Å². The second-order valence-corrected chi connectivity index (χ2v) is 6.67. The molecule has 138 valence electrons. The van der Waals surface area contributed by atoms with Crippen LogP contribution in [0.2, 0.25) is 0 Å². The molecule has 1 atom stereocenters. The SMILES string of the molecule is O=C(NCC(F)(F)F)c1cccc(NC(CC2CC2)c2ccccc2)c1. The molecule has 3 nitrogen and oxygen atoms in total. The lowest BCUT2D eigenvalue weighted by Crippen LogP contribution is -2.33. The minimum atomic E-state index is -4.42. The number of carbonyl (C=O) groups excluding carboxylic acids is 1. The summed E-state index contributed by atoms with van der Waals surface area (Å²) in [5.41, 5.74) is 2.09. The normalized spacial score (nSPS) is 15.3. The quantitative estimate of drug-likeness (QED) is 0.733. The van der Waals surface area contributed by atoms with Gasteiger partial charge in [0.25, 0.3) is 5.91 Å². The Hall–Kier alpha value is -2.50. The number of rotatable bonds is 7. The van der Waals surface area contributed by atoms with Crippen molar-refractivity contribution in [2.24, 2.45) is 5.92 Å². The Morgan fingerprint density at radius 1 is 1.08 bits per heavy atom. The number of hydrogen-bond donors (Lipinski definition) is 2. The minimum absolute atomic E-state index is 0.109. The number of nitrogens with one attached hydrogen (secondary N) is 2. The van der Waals surface area contributed by atoms with E-state index in [1.165, 1.54) is 18.9 Å². The first-order valence-corrected chi connectivity index (χ1v) is 8.67. The highest BCUT2D eigenvalue weighted by molar-refractivity contribution is 5.95. The van der Waals surface area contributed by atoms with Crippen molar-refractivity contribution in [1.82, 2.24) is 5.32 Å². The van der Waals surface area contributed by atoms with Gasteiger partial charge in [0.2, 0.25) is 0 Å². The summed E-state index contributed by atoms with van der Waals surface area (Å²) < 4.78 is 36.8. The summed E-state index contributed by atoms with van der Waals surface area (Å²) >= 11 is 0. The van der Waals surface area contributed by atoms with Crippen molar-refractivity contribution in [3.05, 3.63) is 65.7 Å². The van der Waals surface area contributed by atoms with Crippen LogP contribution in [0.5, 0.6) is 0 Å². The van der Waals surface area contributed by atoms with Gasteiger partial charge in [-0.3, -0.25) is 4.79 Å². The van der Waals surface area contributed by atoms with Gasteiger partial charge in [-0.15, -0.1) is 0 Å². The summed E-state index contributed by atoms with van der Waals surface area (Å²) in [6.45, 7) is -1.34. The van der Waals surface area contributed by atoms with Gasteiger partial charge < -0.3 is 10.6 Å². The molecule has 6 heteroatoms. The Morgan fingerprint density at radius 2 is 1.81 bits per heavy atom. The van der Waals surface area contributed by atoms with Crippen LogP contribution in [0.4, 0.5) is 18.9 Å². The lowest BCUT2D eigenvalue weighted by Gasteiger charge is -2.21. The molecule has 0 aliphatic heterocycles. The van der Waals surface area contributed by atoms with Gasteiger partial charge in [-0.05, 0) is 36.1 Å². The molecular weight excluding hydrogens is 341 g/mol. The predicted octanol–water partition coefficient (Wildman–Crippen LogP) is 4.93. The molecule has 3 rings (SSSR count). The molecule has 2 N–H and O–H groups in total. The van der Waals surface area contributed by atoms with Crippen molar-refractivity contribution in [3.63, 3.8) is 0 Å². The van der Waals surface area contributed by atoms with Gasteiger partial charge in [-0.1, -0.05) is 49.2 Å². The fraction of sp³-hybridized carbons (Fsp3) is 0.350. The van der Waals surface area contributed by atoms with Crippen LogP contribution >= 0.6 is 0 Å². The molecule has 1 unspecified atom stereocenters. The lowest BCUT2D eigenvalue weighted by atomic mass is 10.0. The topological polar surface area (TPSA) is 41.1 Å². The Balaban J connectivity index is 1.70. The molecule has 1 amide bonds. The number of amides is 1. The maximum atomic E-state index is 12.3. The molecule has 0 bridgehead atoms. The number of benzene rings is 2. The number of alkyl halides is 3. The third kappa shape index (κ3) is 5.51. The summed E-state index contributed by atoms with van der Waals surface area (Å²) in [7, 11) is 0. The van der Waals surface area contributed by atoms with E-state index in [1.807, 2.05) is 29.6 Å². The van der Waals surface area contributed by atoms with Crippen molar-refractivity contribution in [3.8, 4) is 0 Å². The number of carbonyl (C=O) groups is 1. The van der Waals surface area contributed by atoms with Gasteiger partial charge in [0, 0.05) is 11.3 Å². The first kappa shape index (κ1) is 18.3. The molecule has 1 fully saturated rings. The third-order valence-corrected chi connectivity index (χ3v) is 4.38. The molecule has 0 saturated heterocycles. The minimum Gasteiger partial charge on any atom is -0.378 e. The van der Waals surface area contributed by atoms with Gasteiger partial charge in [-0.25, -0.2) is 0 Å². The molecule has 1 saturated carbocycles. The van der Waals surface area contributed by atoms with E-state index in [0.29, 0.717) is 5.92 Å². The molecule has 1 aliphatic carbocycles. The van der Waals surface area contributed by atoms with Crippen LogP contribution in [0.3, 0.4) is 0 Å². The molecule has 1 aliphatic rings. The smallest absolute Gasteiger partial charge is 0.378 e. The zero-order chi connectivity index (χ0) is 18.6. The van der Waals surface area contributed by atoms with Gasteiger partial charge in [0.05, 0.1) is 6.04 Å². The monoisotopic (exact) mass is 362 g/mol. The molecule has 0 aromatic heterocycles. The van der Waals surface area contributed by atoms with Crippen molar-refractivity contribution < 1.29 is 18.0 Å². The van der Waals surface area contributed by atoms with E-state index in [0.717, 1.165) is 17.7 Å². The molecule has 0 radical (unpaired) electrons. The zero-order valence-corrected chi connectivity index (χ0v) is 14.2. The second kappa shape index (κ2) is 7.81. The van der Waals surface area contributed by atoms with Crippen LogP contribution in [0.25, 0.3) is 0 Å². The maximum Gasteiger partial charge on any atom is 0.405 e. The molecular formula is C20H21F3N2O. The van der Waals surface area contributed by atoms with E-state index < -0.39 is 18.6 Å². The summed E-state index contributed by atoms with van der Waals surface area (Å²) in [5, 5.41) is 5.33. The van der Waals surface area contributed by atoms with E-state index in [1.54, 1.807) is 12.1 Å². The molecule has 26 heavy (non-hydrogen) atoms. The Labute approximate surface area is 150 Å². The zero-order valence-electron chi connectivity index (χ0n) is 14.2. The number of hydrogen-bond acceptors (Lipinski definition) is 2.